The van der Waals surface area contributed by atoms with Gasteiger partial charge >= 0.3 is 15.6 Å². The Morgan fingerprint density at radius 1 is 1.25 bits per heavy atom. The van der Waals surface area contributed by atoms with E-state index in [4.69, 9.17) is 0 Å². The Morgan fingerprint density at radius 2 is 1.88 bits per heavy atom. The fourth-order valence-corrected chi connectivity index (χ4v) is 5.42. The van der Waals surface area contributed by atoms with Gasteiger partial charge in [-0.1, -0.05) is 12.8 Å². The predicted molar refractivity (Wildman–Crippen MR) is 79.2 cm³/mol. The first-order valence-electron chi connectivity index (χ1n) is 8.32. The molecule has 0 radical (unpaired) electrons. The summed E-state index contributed by atoms with van der Waals surface area (Å²) in [7, 11) is -5.76. The van der Waals surface area contributed by atoms with Gasteiger partial charge in [0.1, 0.15) is 0 Å². The molecular formula is C15H22F3NO4S. The summed E-state index contributed by atoms with van der Waals surface area (Å²) in [5.41, 5.74) is -5.45. The standard InChI is InChI=1S/C15H22F3NO4S/c1-10(23-24(21,22)15(16,17)18)13(20)19-7-6-14(9-19)8-11-2-4-12(14)5-3-11/h10-12H,2-9H2,1H3/t10-,11?,12?,14?/m1/s1. The van der Waals surface area contributed by atoms with Crippen molar-refractivity contribution in [3.05, 3.63) is 0 Å². The SMILES string of the molecule is C[C@@H](OS(=O)(=O)C(F)(F)F)C(=O)N1CCC2(CC3CCC2CC3)C1. The second-order valence-electron chi connectivity index (χ2n) is 7.43. The second-order valence-corrected chi connectivity index (χ2v) is 9.00. The molecular weight excluding hydrogens is 347 g/mol. The lowest BCUT2D eigenvalue weighted by Gasteiger charge is -2.50. The topological polar surface area (TPSA) is 63.7 Å². The van der Waals surface area contributed by atoms with Gasteiger partial charge in [-0.3, -0.25) is 8.98 Å². The van der Waals surface area contributed by atoms with Crippen LogP contribution in [0.4, 0.5) is 13.2 Å². The van der Waals surface area contributed by atoms with Crippen molar-refractivity contribution in [2.75, 3.05) is 13.1 Å². The molecule has 4 rings (SSSR count). The van der Waals surface area contributed by atoms with Gasteiger partial charge in [0.2, 0.25) is 0 Å². The van der Waals surface area contributed by atoms with Gasteiger partial charge in [0, 0.05) is 13.1 Å². The van der Waals surface area contributed by atoms with Gasteiger partial charge in [-0.2, -0.15) is 21.6 Å². The monoisotopic (exact) mass is 369 g/mol. The number of likely N-dealkylation sites (tertiary alicyclic amines) is 1. The zero-order valence-electron chi connectivity index (χ0n) is 13.5. The van der Waals surface area contributed by atoms with Crippen LogP contribution in [0.25, 0.3) is 0 Å². The van der Waals surface area contributed by atoms with Crippen molar-refractivity contribution in [3.8, 4) is 0 Å². The highest BCUT2D eigenvalue weighted by molar-refractivity contribution is 7.87. The highest BCUT2D eigenvalue weighted by Crippen LogP contribution is 2.56. The lowest BCUT2D eigenvalue weighted by Crippen LogP contribution is -2.46. The zero-order valence-corrected chi connectivity index (χ0v) is 14.3. The predicted octanol–water partition coefficient (Wildman–Crippen LogP) is 2.67. The molecule has 4 fully saturated rings. The summed E-state index contributed by atoms with van der Waals surface area (Å²) in [4.78, 5) is 13.8. The van der Waals surface area contributed by atoms with E-state index in [9.17, 15) is 26.4 Å². The number of alkyl halides is 3. The third-order valence-corrected chi connectivity index (χ3v) is 7.12. The van der Waals surface area contributed by atoms with Crippen LogP contribution in [0.1, 0.15) is 45.4 Å². The number of hydrogen-bond acceptors (Lipinski definition) is 4. The van der Waals surface area contributed by atoms with Gasteiger partial charge in [0.25, 0.3) is 5.91 Å². The first-order chi connectivity index (χ1) is 11.0. The molecule has 3 aliphatic carbocycles. The van der Waals surface area contributed by atoms with Crippen LogP contribution < -0.4 is 0 Å². The van der Waals surface area contributed by atoms with Gasteiger partial charge in [-0.05, 0) is 49.9 Å². The molecule has 0 N–H and O–H groups in total. The smallest absolute Gasteiger partial charge is 0.340 e. The van der Waals surface area contributed by atoms with Crippen molar-refractivity contribution in [1.29, 1.82) is 0 Å². The number of rotatable bonds is 3. The lowest BCUT2D eigenvalue weighted by molar-refractivity contribution is -0.138. The Balaban J connectivity index is 1.65. The average molecular weight is 369 g/mol. The summed E-state index contributed by atoms with van der Waals surface area (Å²) >= 11 is 0. The van der Waals surface area contributed by atoms with Gasteiger partial charge in [0.15, 0.2) is 6.10 Å². The van der Waals surface area contributed by atoms with Crippen LogP contribution in [0.2, 0.25) is 0 Å². The minimum atomic E-state index is -5.76. The summed E-state index contributed by atoms with van der Waals surface area (Å²) in [6, 6.07) is 0. The summed E-state index contributed by atoms with van der Waals surface area (Å²) in [6.07, 6.45) is 5.01. The number of carbonyl (C=O) groups excluding carboxylic acids is 1. The fraction of sp³-hybridized carbons (Fsp3) is 0.933. The molecule has 4 aliphatic rings. The van der Waals surface area contributed by atoms with Crippen LogP contribution in [0.3, 0.4) is 0 Å². The quantitative estimate of drug-likeness (QED) is 0.567. The third-order valence-electron chi connectivity index (χ3n) is 6.01. The maximum Gasteiger partial charge on any atom is 0.523 e. The van der Waals surface area contributed by atoms with Crippen molar-refractivity contribution < 1.29 is 30.6 Å². The summed E-state index contributed by atoms with van der Waals surface area (Å²) in [5, 5.41) is 0. The molecule has 3 saturated carbocycles. The van der Waals surface area contributed by atoms with Crippen molar-refractivity contribution in [3.63, 3.8) is 0 Å². The maximum absolute atomic E-state index is 12.4. The Bertz CT molecular complexity index is 613. The molecule has 0 aromatic rings. The molecule has 2 bridgehead atoms. The van der Waals surface area contributed by atoms with Crippen LogP contribution in [0.5, 0.6) is 0 Å². The minimum absolute atomic E-state index is 0.0689. The second kappa shape index (κ2) is 5.86. The van der Waals surface area contributed by atoms with Gasteiger partial charge in [0.05, 0.1) is 0 Å². The maximum atomic E-state index is 12.4. The lowest BCUT2D eigenvalue weighted by atomic mass is 9.55. The number of hydrogen-bond donors (Lipinski definition) is 0. The van der Waals surface area contributed by atoms with Crippen molar-refractivity contribution in [2.24, 2.45) is 17.3 Å². The molecule has 1 spiro atoms. The molecule has 0 aromatic heterocycles. The van der Waals surface area contributed by atoms with Crippen LogP contribution in [-0.4, -0.2) is 43.9 Å². The van der Waals surface area contributed by atoms with Crippen LogP contribution in [0, 0.1) is 17.3 Å². The first kappa shape index (κ1) is 18.0. The highest BCUT2D eigenvalue weighted by Gasteiger charge is 2.53. The van der Waals surface area contributed by atoms with Crippen molar-refractivity contribution >= 4 is 16.0 Å². The molecule has 1 amide bonds. The van der Waals surface area contributed by atoms with Crippen LogP contribution >= 0.6 is 0 Å². The van der Waals surface area contributed by atoms with E-state index >= 15 is 0 Å². The summed E-state index contributed by atoms with van der Waals surface area (Å²) in [5.74, 6) is 0.570. The van der Waals surface area contributed by atoms with E-state index in [2.05, 4.69) is 4.18 Å². The third kappa shape index (κ3) is 3.05. The molecule has 9 heteroatoms. The molecule has 0 aromatic carbocycles. The molecule has 1 unspecified atom stereocenters. The van der Waals surface area contributed by atoms with E-state index in [0.717, 1.165) is 32.6 Å². The Kier molecular flexibility index (Phi) is 4.39. The minimum Gasteiger partial charge on any atom is -0.340 e. The van der Waals surface area contributed by atoms with E-state index in [-0.39, 0.29) is 5.41 Å². The number of carbonyl (C=O) groups is 1. The zero-order chi connectivity index (χ0) is 17.8. The summed E-state index contributed by atoms with van der Waals surface area (Å²) < 4.78 is 63.3. The summed E-state index contributed by atoms with van der Waals surface area (Å²) in [6.45, 7) is 2.03. The number of fused-ring (bicyclic) bond motifs is 2. The average Bonchev–Trinajstić information content (AvgIpc) is 2.89. The van der Waals surface area contributed by atoms with Crippen molar-refractivity contribution in [1.82, 2.24) is 4.90 Å². The molecule has 2 atom stereocenters. The van der Waals surface area contributed by atoms with Gasteiger partial charge in [-0.15, -0.1) is 0 Å². The van der Waals surface area contributed by atoms with E-state index in [1.807, 2.05) is 0 Å². The Hall–Kier alpha value is -0.830. The van der Waals surface area contributed by atoms with Gasteiger partial charge in [-0.25, -0.2) is 0 Å². The number of amides is 1. The molecule has 138 valence electrons. The van der Waals surface area contributed by atoms with E-state index < -0.39 is 27.6 Å². The molecule has 1 heterocycles. The van der Waals surface area contributed by atoms with Crippen LogP contribution in [-0.2, 0) is 19.1 Å². The fourth-order valence-electron chi connectivity index (χ4n) is 4.85. The number of nitrogens with zero attached hydrogens (tertiary/aromatic N) is 1. The highest BCUT2D eigenvalue weighted by atomic mass is 32.2. The Labute approximate surface area is 139 Å². The van der Waals surface area contributed by atoms with Crippen LogP contribution in [0.15, 0.2) is 0 Å². The van der Waals surface area contributed by atoms with E-state index in [1.54, 1.807) is 0 Å². The molecule has 24 heavy (non-hydrogen) atoms. The largest absolute Gasteiger partial charge is 0.523 e. The normalized spacial score (nSPS) is 34.8. The Morgan fingerprint density at radius 3 is 2.38 bits per heavy atom. The number of halogens is 3. The van der Waals surface area contributed by atoms with Gasteiger partial charge < -0.3 is 4.90 Å². The molecule has 1 saturated heterocycles. The van der Waals surface area contributed by atoms with Crippen molar-refractivity contribution in [2.45, 2.75) is 57.1 Å². The van der Waals surface area contributed by atoms with E-state index in [1.165, 1.54) is 17.7 Å². The first-order valence-corrected chi connectivity index (χ1v) is 9.73. The molecule has 1 aliphatic heterocycles. The molecule has 5 nitrogen and oxygen atoms in total. The van der Waals surface area contributed by atoms with E-state index in [0.29, 0.717) is 24.9 Å².